The van der Waals surface area contributed by atoms with Crippen molar-refractivity contribution in [1.82, 2.24) is 0 Å². The lowest BCUT2D eigenvalue weighted by molar-refractivity contribution is -0.384. The van der Waals surface area contributed by atoms with E-state index in [1.807, 2.05) is 91.0 Å². The first kappa shape index (κ1) is 56.3. The van der Waals surface area contributed by atoms with Crippen molar-refractivity contribution in [2.75, 3.05) is 26.6 Å². The number of nitrogens with zero attached hydrogens (tertiary/aromatic N) is 2. The second-order valence-electron chi connectivity index (χ2n) is 18.9. The van der Waals surface area contributed by atoms with Crippen molar-refractivity contribution < 1.29 is 34.9 Å². The molecule has 0 bridgehead atoms. The first-order valence-corrected chi connectivity index (χ1v) is 27.8. The number of hydrogen-bond acceptors (Lipinski definition) is 10. The van der Waals surface area contributed by atoms with E-state index < -0.39 is 12.1 Å². The van der Waals surface area contributed by atoms with Crippen LogP contribution in [0.4, 0.5) is 49.4 Å². The van der Waals surface area contributed by atoms with E-state index in [2.05, 4.69) is 44.8 Å². The first-order valence-electron chi connectivity index (χ1n) is 26.2. The van der Waals surface area contributed by atoms with Crippen LogP contribution in [0.1, 0.15) is 56.9 Å². The molecule has 83 heavy (non-hydrogen) atoms. The molecular formula is C66H59Cl2N7O7S. The third-order valence-corrected chi connectivity index (χ3v) is 15.2. The fraction of sp³-hybridized carbons (Fsp3) is 0.0606. The second-order valence-corrected chi connectivity index (χ2v) is 21.0. The van der Waals surface area contributed by atoms with Gasteiger partial charge in [0.15, 0.2) is 5.78 Å². The molecule has 12 rings (SSSR count). The molecule has 17 heteroatoms. The van der Waals surface area contributed by atoms with Gasteiger partial charge in [0.05, 0.1) is 38.1 Å². The Morgan fingerprint density at radius 2 is 1.19 bits per heavy atom. The number of Topliss-reactive ketones (excluding diaryl/α,β-unsaturated/α-hetero) is 1. The number of amides is 4. The summed E-state index contributed by atoms with van der Waals surface area (Å²) in [5.74, 6) is 1.52. The molecule has 0 spiro atoms. The predicted molar refractivity (Wildman–Crippen MR) is 342 cm³/mol. The molecule has 0 saturated carbocycles. The number of urea groups is 2. The summed E-state index contributed by atoms with van der Waals surface area (Å²) in [5, 5.41) is 38.0. The number of carbonyl (C=O) groups excluding carboxylic acids is 3. The number of para-hydroxylation sites is 3. The van der Waals surface area contributed by atoms with Crippen molar-refractivity contribution in [1.29, 1.82) is 0 Å². The fourth-order valence-electron chi connectivity index (χ4n) is 9.22. The van der Waals surface area contributed by atoms with Crippen LogP contribution in [0.25, 0.3) is 10.8 Å². The van der Waals surface area contributed by atoms with E-state index in [9.17, 15) is 29.6 Å². The molecule has 2 heterocycles. The summed E-state index contributed by atoms with van der Waals surface area (Å²) >= 11 is 13.9. The van der Waals surface area contributed by atoms with Crippen molar-refractivity contribution in [2.45, 2.75) is 29.0 Å². The molecule has 10 aromatic rings. The summed E-state index contributed by atoms with van der Waals surface area (Å²) in [7, 11) is 0. The maximum absolute atomic E-state index is 12.7. The van der Waals surface area contributed by atoms with Gasteiger partial charge in [0.1, 0.15) is 17.2 Å². The number of rotatable bonds is 10. The van der Waals surface area contributed by atoms with E-state index in [1.54, 1.807) is 139 Å². The first-order chi connectivity index (χ1) is 40.4. The lowest BCUT2D eigenvalue weighted by Gasteiger charge is -2.27. The van der Waals surface area contributed by atoms with Gasteiger partial charge in [-0.2, -0.15) is 0 Å². The highest BCUT2D eigenvalue weighted by molar-refractivity contribution is 7.99. The summed E-state index contributed by atoms with van der Waals surface area (Å²) < 4.78 is 5.83. The molecule has 0 saturated heterocycles. The van der Waals surface area contributed by atoms with Crippen molar-refractivity contribution in [2.24, 2.45) is 4.99 Å². The third-order valence-electron chi connectivity index (χ3n) is 13.3. The molecule has 0 aromatic heterocycles. The molecular weight excluding hydrogens is 1110 g/mol. The minimum atomic E-state index is -0.409. The summed E-state index contributed by atoms with van der Waals surface area (Å²) in [6.07, 6.45) is 1.16. The second kappa shape index (κ2) is 26.6. The molecule has 0 aliphatic carbocycles. The Morgan fingerprint density at radius 3 is 1.81 bits per heavy atom. The average Bonchev–Trinajstić information content (AvgIpc) is 2.44. The van der Waals surface area contributed by atoms with Crippen molar-refractivity contribution in [3.63, 3.8) is 0 Å². The number of benzene rings is 10. The van der Waals surface area contributed by atoms with Gasteiger partial charge in [0.25, 0.3) is 5.69 Å². The third kappa shape index (κ3) is 14.7. The molecule has 2 aliphatic heterocycles. The molecule has 14 nitrogen and oxygen atoms in total. The number of fused-ring (bicyclic) bond motifs is 4. The van der Waals surface area contributed by atoms with Gasteiger partial charge in [0, 0.05) is 69.2 Å². The smallest absolute Gasteiger partial charge is 0.323 e. The van der Waals surface area contributed by atoms with Crippen LogP contribution in [0.2, 0.25) is 10.0 Å². The molecule has 4 amide bonds. The number of halogens is 2. The summed E-state index contributed by atoms with van der Waals surface area (Å²) in [6, 6.07) is 71.0. The fourth-order valence-corrected chi connectivity index (χ4v) is 10.8. The minimum Gasteiger partial charge on any atom is -0.508 e. The van der Waals surface area contributed by atoms with E-state index in [4.69, 9.17) is 32.9 Å². The molecule has 6 N–H and O–H groups in total. The van der Waals surface area contributed by atoms with E-state index in [0.29, 0.717) is 50.7 Å². The van der Waals surface area contributed by atoms with Gasteiger partial charge in [-0.15, -0.1) is 11.8 Å². The summed E-state index contributed by atoms with van der Waals surface area (Å²) in [6.45, 7) is 0. The van der Waals surface area contributed by atoms with Gasteiger partial charge in [0.2, 0.25) is 0 Å². The van der Waals surface area contributed by atoms with E-state index in [0.717, 1.165) is 61.4 Å². The lowest BCUT2D eigenvalue weighted by Crippen LogP contribution is -2.23. The number of nitro groups is 1. The van der Waals surface area contributed by atoms with Gasteiger partial charge in [-0.1, -0.05) is 145 Å². The highest BCUT2D eigenvalue weighted by atomic mass is 35.5. The molecule has 0 radical (unpaired) electrons. The Morgan fingerprint density at radius 1 is 0.614 bits per heavy atom. The molecule has 2 unspecified atom stereocenters. The van der Waals surface area contributed by atoms with E-state index in [1.165, 1.54) is 0 Å². The number of nitro benzene ring substituents is 1. The molecule has 420 valence electrons. The number of phenols is 1. The topological polar surface area (TPSA) is 196 Å². The normalized spacial score (nSPS) is 14.0. The van der Waals surface area contributed by atoms with Crippen molar-refractivity contribution in [3.05, 3.63) is 279 Å². The number of thioether (sulfide) groups is 1. The van der Waals surface area contributed by atoms with Crippen molar-refractivity contribution in [3.8, 4) is 17.2 Å². The van der Waals surface area contributed by atoms with Crippen LogP contribution in [-0.2, 0) is 0 Å². The van der Waals surface area contributed by atoms with Crippen LogP contribution in [0, 0.1) is 10.1 Å². The maximum atomic E-state index is 12.7. The zero-order valence-corrected chi connectivity index (χ0v) is 46.4. The van der Waals surface area contributed by atoms with E-state index >= 15 is 0 Å². The Balaban J connectivity index is 0.000000209. The molecule has 2 atom stereocenters. The zero-order valence-electron chi connectivity index (χ0n) is 44.0. The number of carbonyl (C=O) groups is 3. The predicted octanol–water partition coefficient (Wildman–Crippen LogP) is 19.3. The number of aliphatic imine (C=N–C) groups is 1. The quantitative estimate of drug-likeness (QED) is 0.0570. The maximum Gasteiger partial charge on any atom is 0.323 e. The summed E-state index contributed by atoms with van der Waals surface area (Å²) in [5.41, 5.74) is 9.08. The highest BCUT2D eigenvalue weighted by Crippen LogP contribution is 2.46. The van der Waals surface area contributed by atoms with Gasteiger partial charge in [-0.25, -0.2) is 9.59 Å². The average molecular weight is 1170 g/mol. The number of non-ortho nitro benzene ring substituents is 1. The SMILES string of the molecule is O=C(Nc1ccc(Oc2ccc(NC(=O)Nc3ccccc3Cl)cc2)cc1)Nc1ccccc1Cl.O=C1CC(c2cccc(O)c2)Nc2ccc3ccccc3c21.O=[N+]([O-])c1ccc(C2CC(c3ccccc3)=Nc3ccccc3S2)cc1.[HH].[HH].[HH].[HH]. The van der Waals surface area contributed by atoms with Gasteiger partial charge >= 0.3 is 12.1 Å². The molecule has 0 fully saturated rings. The van der Waals surface area contributed by atoms with Gasteiger partial charge in [-0.05, 0) is 131 Å². The van der Waals surface area contributed by atoms with E-state index in [-0.39, 0.29) is 39.1 Å². The molecule has 10 aromatic carbocycles. The van der Waals surface area contributed by atoms with Gasteiger partial charge < -0.3 is 36.4 Å². The number of hydrogen-bond donors (Lipinski definition) is 6. The monoisotopic (exact) mass is 1160 g/mol. The number of aromatic hydroxyl groups is 1. The van der Waals surface area contributed by atoms with Crippen LogP contribution in [0.5, 0.6) is 17.2 Å². The number of anilines is 5. The van der Waals surface area contributed by atoms with Crippen molar-refractivity contribution >= 4 is 109 Å². The zero-order chi connectivity index (χ0) is 57.7. The largest absolute Gasteiger partial charge is 0.508 e. The van der Waals surface area contributed by atoms with Crippen LogP contribution in [-0.4, -0.2) is 33.6 Å². The Bertz CT molecular complexity index is 3920. The van der Waals surface area contributed by atoms with Crippen LogP contribution < -0.4 is 31.3 Å². The number of ether oxygens (including phenoxy) is 1. The molecule has 2 aliphatic rings. The van der Waals surface area contributed by atoms with Crippen LogP contribution >= 0.6 is 35.0 Å². The van der Waals surface area contributed by atoms with Crippen LogP contribution in [0.3, 0.4) is 0 Å². The number of ketones is 1. The highest BCUT2D eigenvalue weighted by Gasteiger charge is 2.28. The van der Waals surface area contributed by atoms with Gasteiger partial charge in [-0.3, -0.25) is 19.9 Å². The number of phenolic OH excluding ortho intramolecular Hbond substituents is 1. The Hall–Kier alpha value is -9.93. The summed E-state index contributed by atoms with van der Waals surface area (Å²) in [4.78, 5) is 53.6. The standard InChI is InChI=1S/C26H20Cl2N4O3.C21H16N2O2S.C19H15NO2.4H2/c27-21-5-1-3-7-23(21)31-25(33)29-17-9-13-19(14-10-17)35-20-15-11-18(12-16-20)30-26(34)32-24-8-4-2-6-22(24)28;24-23(25)17-12-10-16(11-13-17)21-14-19(15-6-2-1-3-7-15)22-18-8-4-5-9-20(18)26-21;21-14-6-3-5-13(10-14)17-11-18(22)19-15-7-2-1-4-12(15)8-9-16(19)20-17;;;;/h1-16H,(H2,29,31,33)(H2,30,32,34);1-13,21H,14H2;1-10,17,20-21H,11H2;4*1H. The van der Waals surface area contributed by atoms with Crippen LogP contribution in [0.15, 0.2) is 246 Å². The Kier molecular flexibility index (Phi) is 18.0. The number of nitrogens with one attached hydrogen (secondary N) is 5. The lowest BCUT2D eigenvalue weighted by atomic mass is 9.89. The minimum absolute atomic E-state index is 0. The Labute approximate surface area is 498 Å².